The van der Waals surface area contributed by atoms with E-state index in [9.17, 15) is 9.18 Å². The Morgan fingerprint density at radius 1 is 1.53 bits per heavy atom. The van der Waals surface area contributed by atoms with Crippen LogP contribution in [0.1, 0.15) is 29.8 Å². The minimum atomic E-state index is -0.509. The Morgan fingerprint density at radius 3 is 2.60 bits per heavy atom. The van der Waals surface area contributed by atoms with Gasteiger partial charge in [-0.1, -0.05) is 36.4 Å². The lowest BCUT2D eigenvalue weighted by atomic mass is 9.93. The van der Waals surface area contributed by atoms with Crippen molar-refractivity contribution in [3.8, 4) is 0 Å². The van der Waals surface area contributed by atoms with E-state index in [-0.39, 0.29) is 11.5 Å². The maximum atomic E-state index is 13.4. The van der Waals surface area contributed by atoms with Crippen molar-refractivity contribution in [3.05, 3.63) is 40.1 Å². The molecule has 80 valence electrons. The summed E-state index contributed by atoms with van der Waals surface area (Å²) in [5.41, 5.74) is 1.39. The lowest BCUT2D eigenvalue weighted by Gasteiger charge is -2.14. The number of hydrogen-bond acceptors (Lipinski definition) is 1. The summed E-state index contributed by atoms with van der Waals surface area (Å²) < 4.78 is 14.1. The van der Waals surface area contributed by atoms with E-state index in [0.717, 1.165) is 5.57 Å². The highest BCUT2D eigenvalue weighted by molar-refractivity contribution is 9.10. The molecular weight excluding hydrogens is 259 g/mol. The molecule has 1 nitrogen and oxygen atoms in total. The predicted molar refractivity (Wildman–Crippen MR) is 63.4 cm³/mol. The predicted octanol–water partition coefficient (Wildman–Crippen LogP) is 4.07. The molecular formula is C12H12BrFO. The summed E-state index contributed by atoms with van der Waals surface area (Å²) in [6.07, 6.45) is 0.531. The summed E-state index contributed by atoms with van der Waals surface area (Å²) >= 11 is 3.30. The zero-order valence-corrected chi connectivity index (χ0v) is 10.3. The van der Waals surface area contributed by atoms with Crippen LogP contribution in [-0.4, -0.2) is 6.29 Å². The zero-order chi connectivity index (χ0) is 11.6. The van der Waals surface area contributed by atoms with Gasteiger partial charge >= 0.3 is 0 Å². The number of rotatable bonds is 3. The molecule has 1 aromatic rings. The molecule has 1 aromatic carbocycles. The van der Waals surface area contributed by atoms with Crippen molar-refractivity contribution < 1.29 is 9.18 Å². The van der Waals surface area contributed by atoms with Gasteiger partial charge in [0.1, 0.15) is 5.82 Å². The topological polar surface area (TPSA) is 17.1 Å². The Hall–Kier alpha value is -0.960. The van der Waals surface area contributed by atoms with Gasteiger partial charge in [0.25, 0.3) is 0 Å². The molecule has 0 heterocycles. The van der Waals surface area contributed by atoms with Crippen LogP contribution < -0.4 is 0 Å². The second-order valence-corrected chi connectivity index (χ2v) is 4.47. The standard InChI is InChI=1S/C12H12BrFO/c1-7(2)8(3)12-9(6-15)11(14)5-4-10(12)13/h4-7H,3H2,1-2H3. The molecule has 0 atom stereocenters. The molecule has 0 radical (unpaired) electrons. The van der Waals surface area contributed by atoms with Crippen LogP contribution in [0.25, 0.3) is 5.57 Å². The van der Waals surface area contributed by atoms with Gasteiger partial charge < -0.3 is 0 Å². The lowest BCUT2D eigenvalue weighted by Crippen LogP contribution is -2.01. The molecule has 0 saturated carbocycles. The number of allylic oxidation sites excluding steroid dienone is 1. The third-order valence-corrected chi connectivity index (χ3v) is 2.94. The quantitative estimate of drug-likeness (QED) is 0.757. The molecule has 1 rings (SSSR count). The van der Waals surface area contributed by atoms with Crippen LogP contribution in [0.4, 0.5) is 4.39 Å². The largest absolute Gasteiger partial charge is 0.298 e. The van der Waals surface area contributed by atoms with Crippen molar-refractivity contribution >= 4 is 27.8 Å². The minimum absolute atomic E-state index is 0.0723. The fourth-order valence-electron chi connectivity index (χ4n) is 1.30. The highest BCUT2D eigenvalue weighted by atomic mass is 79.9. The van der Waals surface area contributed by atoms with Crippen molar-refractivity contribution in [1.82, 2.24) is 0 Å². The average Bonchev–Trinajstić information content (AvgIpc) is 2.19. The van der Waals surface area contributed by atoms with Crippen molar-refractivity contribution in [2.75, 3.05) is 0 Å². The first-order valence-corrected chi connectivity index (χ1v) is 5.40. The van der Waals surface area contributed by atoms with Gasteiger partial charge in [-0.25, -0.2) is 4.39 Å². The average molecular weight is 271 g/mol. The Balaban J connectivity index is 3.44. The smallest absolute Gasteiger partial charge is 0.153 e. The molecule has 15 heavy (non-hydrogen) atoms. The fraction of sp³-hybridized carbons (Fsp3) is 0.250. The van der Waals surface area contributed by atoms with Crippen molar-refractivity contribution in [2.45, 2.75) is 13.8 Å². The Labute approximate surface area is 97.1 Å². The summed E-state index contributed by atoms with van der Waals surface area (Å²) in [4.78, 5) is 10.8. The minimum Gasteiger partial charge on any atom is -0.298 e. The molecule has 0 N–H and O–H groups in total. The van der Waals surface area contributed by atoms with E-state index < -0.39 is 5.82 Å². The van der Waals surface area contributed by atoms with Gasteiger partial charge in [-0.15, -0.1) is 0 Å². The number of carbonyl (C=O) groups is 1. The van der Waals surface area contributed by atoms with Gasteiger partial charge in [-0.05, 0) is 23.6 Å². The van der Waals surface area contributed by atoms with E-state index in [2.05, 4.69) is 22.5 Å². The van der Waals surface area contributed by atoms with E-state index in [1.54, 1.807) is 6.07 Å². The van der Waals surface area contributed by atoms with E-state index in [1.807, 2.05) is 13.8 Å². The summed E-state index contributed by atoms with van der Waals surface area (Å²) in [5.74, 6) is -0.341. The maximum absolute atomic E-state index is 13.4. The summed E-state index contributed by atoms with van der Waals surface area (Å²) in [5, 5.41) is 0. The molecule has 0 aromatic heterocycles. The first kappa shape index (κ1) is 12.1. The molecule has 0 bridgehead atoms. The summed E-state index contributed by atoms with van der Waals surface area (Å²) in [6.45, 7) is 7.78. The molecule has 0 amide bonds. The van der Waals surface area contributed by atoms with Crippen LogP contribution in [0.3, 0.4) is 0 Å². The molecule has 3 heteroatoms. The van der Waals surface area contributed by atoms with Crippen molar-refractivity contribution in [3.63, 3.8) is 0 Å². The second-order valence-electron chi connectivity index (χ2n) is 3.62. The number of aldehydes is 1. The van der Waals surface area contributed by atoms with Gasteiger partial charge in [0.2, 0.25) is 0 Å². The molecule has 0 aliphatic rings. The Morgan fingerprint density at radius 2 is 2.13 bits per heavy atom. The molecule has 0 aliphatic heterocycles. The molecule has 0 fully saturated rings. The van der Waals surface area contributed by atoms with E-state index in [0.29, 0.717) is 16.3 Å². The number of halogens is 2. The van der Waals surface area contributed by atoms with Crippen LogP contribution in [-0.2, 0) is 0 Å². The Kier molecular flexibility index (Phi) is 3.80. The summed E-state index contributed by atoms with van der Waals surface area (Å²) in [6, 6.07) is 2.86. The van der Waals surface area contributed by atoms with Gasteiger partial charge in [0, 0.05) is 10.0 Å². The third-order valence-electron chi connectivity index (χ3n) is 2.28. The first-order chi connectivity index (χ1) is 6.99. The molecule has 0 saturated heterocycles. The van der Waals surface area contributed by atoms with Crippen LogP contribution in [0.5, 0.6) is 0 Å². The van der Waals surface area contributed by atoms with Crippen molar-refractivity contribution in [1.29, 1.82) is 0 Å². The Bertz CT molecular complexity index is 410. The maximum Gasteiger partial charge on any atom is 0.153 e. The van der Waals surface area contributed by atoms with Crippen LogP contribution >= 0.6 is 15.9 Å². The molecule has 0 aliphatic carbocycles. The molecule has 0 unspecified atom stereocenters. The van der Waals surface area contributed by atoms with Crippen LogP contribution in [0, 0.1) is 11.7 Å². The van der Waals surface area contributed by atoms with E-state index >= 15 is 0 Å². The number of benzene rings is 1. The van der Waals surface area contributed by atoms with E-state index in [4.69, 9.17) is 0 Å². The van der Waals surface area contributed by atoms with Crippen LogP contribution in [0.2, 0.25) is 0 Å². The SMILES string of the molecule is C=C(c1c(Br)ccc(F)c1C=O)C(C)C. The fourth-order valence-corrected chi connectivity index (χ4v) is 1.90. The summed E-state index contributed by atoms with van der Waals surface area (Å²) in [7, 11) is 0. The first-order valence-electron chi connectivity index (χ1n) is 4.61. The van der Waals surface area contributed by atoms with Gasteiger partial charge in [0.15, 0.2) is 6.29 Å². The lowest BCUT2D eigenvalue weighted by molar-refractivity contribution is 0.111. The third kappa shape index (κ3) is 2.34. The van der Waals surface area contributed by atoms with Gasteiger partial charge in [-0.2, -0.15) is 0 Å². The second kappa shape index (κ2) is 4.71. The van der Waals surface area contributed by atoms with Gasteiger partial charge in [0.05, 0.1) is 5.56 Å². The zero-order valence-electron chi connectivity index (χ0n) is 8.68. The number of carbonyl (C=O) groups excluding carboxylic acids is 1. The van der Waals surface area contributed by atoms with E-state index in [1.165, 1.54) is 6.07 Å². The molecule has 0 spiro atoms. The normalized spacial score (nSPS) is 10.5. The van der Waals surface area contributed by atoms with Gasteiger partial charge in [-0.3, -0.25) is 4.79 Å². The highest BCUT2D eigenvalue weighted by Gasteiger charge is 2.16. The highest BCUT2D eigenvalue weighted by Crippen LogP contribution is 2.31. The monoisotopic (exact) mass is 270 g/mol. The van der Waals surface area contributed by atoms with Crippen LogP contribution in [0.15, 0.2) is 23.2 Å². The van der Waals surface area contributed by atoms with Crippen molar-refractivity contribution in [2.24, 2.45) is 5.92 Å². The number of hydrogen-bond donors (Lipinski definition) is 0.